The van der Waals surface area contributed by atoms with Crippen LogP contribution in [0.15, 0.2) is 18.2 Å². The van der Waals surface area contributed by atoms with Gasteiger partial charge in [0.1, 0.15) is 5.25 Å². The number of anilines is 2. The first-order valence-corrected chi connectivity index (χ1v) is 8.30. The molecular formula is C13H19ClN2O3S. The van der Waals surface area contributed by atoms with E-state index in [1.165, 1.54) is 19.1 Å². The van der Waals surface area contributed by atoms with Crippen LogP contribution in [0.3, 0.4) is 0 Å². The molecule has 0 aliphatic rings. The zero-order valence-corrected chi connectivity index (χ0v) is 13.3. The van der Waals surface area contributed by atoms with Gasteiger partial charge >= 0.3 is 0 Å². The molecule has 0 saturated carbocycles. The topological polar surface area (TPSA) is 89.3 Å². The van der Waals surface area contributed by atoms with Crippen molar-refractivity contribution in [1.29, 1.82) is 0 Å². The molecule has 0 radical (unpaired) electrons. The summed E-state index contributed by atoms with van der Waals surface area (Å²) in [4.78, 5) is 12.0. The average molecular weight is 319 g/mol. The molecule has 1 rings (SSSR count). The lowest BCUT2D eigenvalue weighted by Gasteiger charge is -2.15. The third-order valence-corrected chi connectivity index (χ3v) is 5.40. The predicted octanol–water partition coefficient (Wildman–Crippen LogP) is 2.32. The number of nitrogen functional groups attached to an aromatic ring is 1. The Balaban J connectivity index is 2.85. The zero-order chi connectivity index (χ0) is 15.5. The molecule has 0 fully saturated rings. The van der Waals surface area contributed by atoms with Gasteiger partial charge in [-0.15, -0.1) is 0 Å². The average Bonchev–Trinajstić information content (AvgIpc) is 2.30. The van der Waals surface area contributed by atoms with Crippen molar-refractivity contribution in [3.63, 3.8) is 0 Å². The van der Waals surface area contributed by atoms with Crippen LogP contribution in [-0.2, 0) is 14.6 Å². The molecule has 1 atom stereocenters. The van der Waals surface area contributed by atoms with Crippen molar-refractivity contribution < 1.29 is 13.2 Å². The van der Waals surface area contributed by atoms with Gasteiger partial charge in [0.25, 0.3) is 0 Å². The second kappa shape index (κ2) is 6.45. The number of nitrogens with two attached hydrogens (primary N) is 1. The first-order chi connectivity index (χ1) is 9.13. The van der Waals surface area contributed by atoms with E-state index >= 15 is 0 Å². The van der Waals surface area contributed by atoms with Crippen molar-refractivity contribution in [3.05, 3.63) is 23.2 Å². The Hall–Kier alpha value is -1.27. The molecule has 0 bridgehead atoms. The van der Waals surface area contributed by atoms with E-state index in [4.69, 9.17) is 17.3 Å². The van der Waals surface area contributed by atoms with Crippen LogP contribution in [0.5, 0.6) is 0 Å². The van der Waals surface area contributed by atoms with Crippen molar-refractivity contribution in [1.82, 2.24) is 0 Å². The van der Waals surface area contributed by atoms with Crippen LogP contribution in [0.2, 0.25) is 5.02 Å². The zero-order valence-electron chi connectivity index (χ0n) is 11.7. The summed E-state index contributed by atoms with van der Waals surface area (Å²) in [5.74, 6) is -0.659. The highest BCUT2D eigenvalue weighted by Crippen LogP contribution is 2.23. The summed E-state index contributed by atoms with van der Waals surface area (Å²) >= 11 is 5.76. The number of carbonyl (C=O) groups is 1. The molecule has 0 aliphatic carbocycles. The molecule has 1 aromatic rings. The highest BCUT2D eigenvalue weighted by Gasteiger charge is 2.28. The van der Waals surface area contributed by atoms with E-state index in [0.717, 1.165) is 0 Å². The van der Waals surface area contributed by atoms with Crippen LogP contribution in [-0.4, -0.2) is 25.3 Å². The van der Waals surface area contributed by atoms with Gasteiger partial charge in [-0.3, -0.25) is 4.79 Å². The Labute approximate surface area is 124 Å². The lowest BCUT2D eigenvalue weighted by molar-refractivity contribution is -0.115. The van der Waals surface area contributed by atoms with Crippen LogP contribution in [0.4, 0.5) is 11.4 Å². The molecular weight excluding hydrogens is 300 g/mol. The number of rotatable bonds is 5. The van der Waals surface area contributed by atoms with Gasteiger partial charge < -0.3 is 11.1 Å². The van der Waals surface area contributed by atoms with Crippen LogP contribution in [0, 0.1) is 5.92 Å². The number of carbonyl (C=O) groups excluding carboxylic acids is 1. The maximum Gasteiger partial charge on any atom is 0.242 e. The number of nitrogens with one attached hydrogen (secondary N) is 1. The fourth-order valence-electron chi connectivity index (χ4n) is 1.65. The Morgan fingerprint density at radius 2 is 1.95 bits per heavy atom. The maximum absolute atomic E-state index is 12.0. The normalized spacial score (nSPS) is 13.2. The summed E-state index contributed by atoms with van der Waals surface area (Å²) in [6.45, 7) is 4.96. The Morgan fingerprint density at radius 3 is 2.45 bits per heavy atom. The molecule has 112 valence electrons. The Morgan fingerprint density at radius 1 is 1.35 bits per heavy atom. The molecule has 1 unspecified atom stereocenters. The highest BCUT2D eigenvalue weighted by atomic mass is 35.5. The number of amides is 1. The minimum Gasteiger partial charge on any atom is -0.397 e. The number of hydrogen-bond acceptors (Lipinski definition) is 4. The van der Waals surface area contributed by atoms with Crippen molar-refractivity contribution >= 4 is 38.7 Å². The van der Waals surface area contributed by atoms with Gasteiger partial charge in [-0.2, -0.15) is 0 Å². The fourth-order valence-corrected chi connectivity index (χ4v) is 3.44. The molecule has 0 spiro atoms. The van der Waals surface area contributed by atoms with E-state index in [1.54, 1.807) is 19.9 Å². The van der Waals surface area contributed by atoms with Gasteiger partial charge in [-0.05, 0) is 31.0 Å². The highest BCUT2D eigenvalue weighted by molar-refractivity contribution is 7.92. The van der Waals surface area contributed by atoms with Crippen LogP contribution < -0.4 is 11.1 Å². The summed E-state index contributed by atoms with van der Waals surface area (Å²) in [6.07, 6.45) is 0. The van der Waals surface area contributed by atoms with E-state index in [1.807, 2.05) is 0 Å². The van der Waals surface area contributed by atoms with Gasteiger partial charge in [0.15, 0.2) is 9.84 Å². The fraction of sp³-hybridized carbons (Fsp3) is 0.462. The molecule has 1 aromatic carbocycles. The van der Waals surface area contributed by atoms with E-state index in [2.05, 4.69) is 5.32 Å². The van der Waals surface area contributed by atoms with Gasteiger partial charge in [-0.25, -0.2) is 8.42 Å². The van der Waals surface area contributed by atoms with Crippen molar-refractivity contribution in [2.45, 2.75) is 26.0 Å². The quantitative estimate of drug-likeness (QED) is 0.815. The minimum atomic E-state index is -3.48. The SMILES string of the molecule is CC(C)CS(=O)(=O)C(C)C(=O)Nc1ccc(Cl)cc1N. The van der Waals surface area contributed by atoms with Crippen molar-refractivity contribution in [3.8, 4) is 0 Å². The molecule has 0 saturated heterocycles. The van der Waals surface area contributed by atoms with Crippen molar-refractivity contribution in [2.75, 3.05) is 16.8 Å². The Kier molecular flexibility index (Phi) is 5.42. The molecule has 5 nitrogen and oxygen atoms in total. The molecule has 0 aromatic heterocycles. The van der Waals surface area contributed by atoms with Gasteiger partial charge in [0, 0.05) is 5.02 Å². The lowest BCUT2D eigenvalue weighted by Crippen LogP contribution is -2.35. The summed E-state index contributed by atoms with van der Waals surface area (Å²) < 4.78 is 24.0. The monoisotopic (exact) mass is 318 g/mol. The number of hydrogen-bond donors (Lipinski definition) is 2. The molecule has 20 heavy (non-hydrogen) atoms. The molecule has 0 heterocycles. The summed E-state index contributed by atoms with van der Waals surface area (Å²) in [6, 6.07) is 4.60. The summed E-state index contributed by atoms with van der Waals surface area (Å²) in [5, 5.41) is 1.84. The third-order valence-electron chi connectivity index (χ3n) is 2.75. The Bertz CT molecular complexity index is 600. The lowest BCUT2D eigenvalue weighted by atomic mass is 10.2. The summed E-state index contributed by atoms with van der Waals surface area (Å²) in [5.41, 5.74) is 6.35. The summed E-state index contributed by atoms with van der Waals surface area (Å²) in [7, 11) is -3.48. The molecule has 0 aliphatic heterocycles. The van der Waals surface area contributed by atoms with E-state index in [0.29, 0.717) is 16.4 Å². The molecule has 3 N–H and O–H groups in total. The largest absolute Gasteiger partial charge is 0.397 e. The van der Waals surface area contributed by atoms with E-state index in [9.17, 15) is 13.2 Å². The minimum absolute atomic E-state index is 0.0301. The number of sulfone groups is 1. The molecule has 7 heteroatoms. The third kappa shape index (κ3) is 4.38. The first-order valence-electron chi connectivity index (χ1n) is 6.21. The second-order valence-electron chi connectivity index (χ2n) is 5.09. The van der Waals surface area contributed by atoms with E-state index in [-0.39, 0.29) is 11.7 Å². The standard InChI is InChI=1S/C13H19ClN2O3S/c1-8(2)7-20(18,19)9(3)13(17)16-12-5-4-10(14)6-11(12)15/h4-6,8-9H,7,15H2,1-3H3,(H,16,17). The van der Waals surface area contributed by atoms with Gasteiger partial charge in [-0.1, -0.05) is 25.4 Å². The number of halogens is 1. The van der Waals surface area contributed by atoms with Gasteiger partial charge in [0.2, 0.25) is 5.91 Å². The molecule has 1 amide bonds. The van der Waals surface area contributed by atoms with Crippen molar-refractivity contribution in [2.24, 2.45) is 5.92 Å². The van der Waals surface area contributed by atoms with Gasteiger partial charge in [0.05, 0.1) is 17.1 Å². The second-order valence-corrected chi connectivity index (χ2v) is 7.89. The first kappa shape index (κ1) is 16.8. The van der Waals surface area contributed by atoms with Crippen LogP contribution >= 0.6 is 11.6 Å². The van der Waals surface area contributed by atoms with Crippen LogP contribution in [0.1, 0.15) is 20.8 Å². The predicted molar refractivity (Wildman–Crippen MR) is 82.6 cm³/mol. The van der Waals surface area contributed by atoms with E-state index < -0.39 is 21.0 Å². The van der Waals surface area contributed by atoms with Crippen LogP contribution in [0.25, 0.3) is 0 Å². The maximum atomic E-state index is 12.0. The number of benzene rings is 1. The smallest absolute Gasteiger partial charge is 0.242 e.